The van der Waals surface area contributed by atoms with Crippen LogP contribution in [0.25, 0.3) is 0 Å². The van der Waals surface area contributed by atoms with Crippen LogP contribution in [-0.2, 0) is 4.79 Å². The number of hydrogen-bond donors (Lipinski definition) is 2. The fourth-order valence-corrected chi connectivity index (χ4v) is 5.88. The first-order valence-electron chi connectivity index (χ1n) is 10.1. The Balaban J connectivity index is 1.52. The lowest BCUT2D eigenvalue weighted by Crippen LogP contribution is -2.19. The molecule has 0 saturated heterocycles. The highest BCUT2D eigenvalue weighted by molar-refractivity contribution is 8.00. The molecule has 0 spiro atoms. The van der Waals surface area contributed by atoms with Gasteiger partial charge in [-0.1, -0.05) is 61.2 Å². The van der Waals surface area contributed by atoms with E-state index in [4.69, 9.17) is 0 Å². The van der Waals surface area contributed by atoms with E-state index in [0.29, 0.717) is 20.9 Å². The van der Waals surface area contributed by atoms with E-state index in [2.05, 4.69) is 20.0 Å². The van der Waals surface area contributed by atoms with Gasteiger partial charge in [-0.3, -0.25) is 14.9 Å². The maximum Gasteiger partial charge on any atom is 0.265 e. The Bertz CT molecular complexity index is 1210. The number of amides is 2. The van der Waals surface area contributed by atoms with E-state index in [-0.39, 0.29) is 11.8 Å². The Morgan fingerprint density at radius 3 is 2.64 bits per heavy atom. The molecule has 10 heteroatoms. The number of rotatable bonds is 9. The van der Waals surface area contributed by atoms with E-state index < -0.39 is 5.25 Å². The van der Waals surface area contributed by atoms with Crippen LogP contribution < -0.4 is 10.6 Å². The second-order valence-electron chi connectivity index (χ2n) is 6.67. The SMILES string of the molecule is CCSc1nsc(NC(=O)C(Sc2cccc(NC(=O)c3cccs3)c2)c2ccccc2)n1. The maximum absolute atomic E-state index is 13.2. The number of carbonyl (C=O) groups excluding carboxylic acids is 2. The van der Waals surface area contributed by atoms with Crippen molar-refractivity contribution in [3.8, 4) is 0 Å². The fourth-order valence-electron chi connectivity index (χ4n) is 2.90. The molecule has 6 nitrogen and oxygen atoms in total. The molecule has 2 aromatic heterocycles. The van der Waals surface area contributed by atoms with E-state index in [1.165, 1.54) is 46.4 Å². The molecule has 33 heavy (non-hydrogen) atoms. The predicted octanol–water partition coefficient (Wildman–Crippen LogP) is 6.44. The lowest BCUT2D eigenvalue weighted by Gasteiger charge is -2.16. The molecule has 2 heterocycles. The van der Waals surface area contributed by atoms with Crippen LogP contribution in [0.5, 0.6) is 0 Å². The highest BCUT2D eigenvalue weighted by atomic mass is 32.2. The number of carbonyl (C=O) groups is 2. The summed E-state index contributed by atoms with van der Waals surface area (Å²) in [5.74, 6) is 0.538. The number of aromatic nitrogens is 2. The van der Waals surface area contributed by atoms with Crippen molar-refractivity contribution < 1.29 is 9.59 Å². The summed E-state index contributed by atoms with van der Waals surface area (Å²) in [6, 6.07) is 20.7. The second-order valence-corrected chi connectivity index (χ2v) is 10.8. The highest BCUT2D eigenvalue weighted by Crippen LogP contribution is 2.37. The number of nitrogens with one attached hydrogen (secondary N) is 2. The Labute approximate surface area is 208 Å². The van der Waals surface area contributed by atoms with Gasteiger partial charge in [-0.05, 0) is 41.0 Å². The summed E-state index contributed by atoms with van der Waals surface area (Å²) in [7, 11) is 0. The minimum Gasteiger partial charge on any atom is -0.321 e. The Hall–Kier alpha value is -2.66. The van der Waals surface area contributed by atoms with Gasteiger partial charge in [0.2, 0.25) is 16.2 Å². The molecule has 4 rings (SSSR count). The molecular formula is C23H20N4O2S4. The van der Waals surface area contributed by atoms with Crippen LogP contribution in [0, 0.1) is 0 Å². The van der Waals surface area contributed by atoms with Crippen LogP contribution in [0.3, 0.4) is 0 Å². The van der Waals surface area contributed by atoms with Crippen molar-refractivity contribution in [2.24, 2.45) is 0 Å². The summed E-state index contributed by atoms with van der Waals surface area (Å²) >= 11 is 5.51. The van der Waals surface area contributed by atoms with Gasteiger partial charge >= 0.3 is 0 Å². The van der Waals surface area contributed by atoms with Gasteiger partial charge in [-0.15, -0.1) is 23.1 Å². The quantitative estimate of drug-likeness (QED) is 0.251. The topological polar surface area (TPSA) is 84.0 Å². The molecule has 4 aromatic rings. The molecule has 0 bridgehead atoms. The first-order chi connectivity index (χ1) is 16.1. The van der Waals surface area contributed by atoms with Crippen molar-refractivity contribution in [2.75, 3.05) is 16.4 Å². The Morgan fingerprint density at radius 1 is 1.03 bits per heavy atom. The molecule has 0 aliphatic carbocycles. The van der Waals surface area contributed by atoms with Crippen molar-refractivity contribution in [1.82, 2.24) is 9.36 Å². The van der Waals surface area contributed by atoms with E-state index in [1.807, 2.05) is 73.0 Å². The average Bonchev–Trinajstić information content (AvgIpc) is 3.51. The monoisotopic (exact) mass is 512 g/mol. The van der Waals surface area contributed by atoms with Gasteiger partial charge in [0.1, 0.15) is 5.25 Å². The summed E-state index contributed by atoms with van der Waals surface area (Å²) in [6.07, 6.45) is 0. The van der Waals surface area contributed by atoms with Crippen molar-refractivity contribution in [3.05, 3.63) is 82.6 Å². The minimum atomic E-state index is -0.499. The smallest absolute Gasteiger partial charge is 0.265 e. The van der Waals surface area contributed by atoms with Crippen molar-refractivity contribution >= 4 is 69.0 Å². The van der Waals surface area contributed by atoms with Gasteiger partial charge in [-0.2, -0.15) is 9.36 Å². The van der Waals surface area contributed by atoms with E-state index >= 15 is 0 Å². The Kier molecular flexibility index (Phi) is 8.16. The molecule has 0 aliphatic heterocycles. The number of benzene rings is 2. The van der Waals surface area contributed by atoms with Gasteiger partial charge in [0.15, 0.2) is 0 Å². The van der Waals surface area contributed by atoms with Crippen LogP contribution in [0.1, 0.15) is 27.4 Å². The van der Waals surface area contributed by atoms with Crippen molar-refractivity contribution in [3.63, 3.8) is 0 Å². The van der Waals surface area contributed by atoms with Crippen LogP contribution in [0.4, 0.5) is 10.8 Å². The van der Waals surface area contributed by atoms with Gasteiger partial charge < -0.3 is 5.32 Å². The molecule has 0 aliphatic rings. The highest BCUT2D eigenvalue weighted by Gasteiger charge is 2.23. The zero-order valence-corrected chi connectivity index (χ0v) is 20.8. The average molecular weight is 513 g/mol. The van der Waals surface area contributed by atoms with Crippen LogP contribution in [0.15, 0.2) is 82.2 Å². The molecule has 0 radical (unpaired) electrons. The Morgan fingerprint density at radius 2 is 1.88 bits per heavy atom. The molecule has 1 unspecified atom stereocenters. The van der Waals surface area contributed by atoms with Gasteiger partial charge in [0.05, 0.1) is 4.88 Å². The first-order valence-corrected chi connectivity index (χ1v) is 13.6. The zero-order chi connectivity index (χ0) is 23.0. The van der Waals surface area contributed by atoms with E-state index in [0.717, 1.165) is 16.2 Å². The lowest BCUT2D eigenvalue weighted by atomic mass is 10.1. The summed E-state index contributed by atoms with van der Waals surface area (Å²) in [5, 5.41) is 8.34. The number of thioether (sulfide) groups is 2. The first kappa shape index (κ1) is 23.5. The third-order valence-electron chi connectivity index (χ3n) is 4.34. The molecule has 2 N–H and O–H groups in total. The van der Waals surface area contributed by atoms with Gasteiger partial charge in [0, 0.05) is 22.1 Å². The van der Waals surface area contributed by atoms with Gasteiger partial charge in [0.25, 0.3) is 5.91 Å². The second kappa shape index (κ2) is 11.5. The standard InChI is InChI=1S/C23H20N4O2S4/c1-2-30-23-26-22(33-27-23)25-21(29)19(15-8-4-3-5-9-15)32-17-11-6-10-16(14-17)24-20(28)18-12-7-13-31-18/h3-14,19H,2H2,1H3,(H,24,28)(H,25,26,27,29). The van der Waals surface area contributed by atoms with E-state index in [1.54, 1.807) is 6.07 Å². The largest absolute Gasteiger partial charge is 0.321 e. The van der Waals surface area contributed by atoms with Crippen LogP contribution >= 0.6 is 46.4 Å². The van der Waals surface area contributed by atoms with Crippen molar-refractivity contribution in [2.45, 2.75) is 22.2 Å². The molecule has 2 amide bonds. The van der Waals surface area contributed by atoms with Crippen LogP contribution in [-0.4, -0.2) is 26.9 Å². The summed E-state index contributed by atoms with van der Waals surface area (Å²) < 4.78 is 4.27. The summed E-state index contributed by atoms with van der Waals surface area (Å²) in [4.78, 5) is 31.5. The van der Waals surface area contributed by atoms with Crippen molar-refractivity contribution in [1.29, 1.82) is 0 Å². The zero-order valence-electron chi connectivity index (χ0n) is 17.6. The normalized spacial score (nSPS) is 11.7. The summed E-state index contributed by atoms with van der Waals surface area (Å²) in [6.45, 7) is 2.03. The van der Waals surface area contributed by atoms with E-state index in [9.17, 15) is 9.59 Å². The molecule has 0 saturated carbocycles. The molecular weight excluding hydrogens is 493 g/mol. The predicted molar refractivity (Wildman–Crippen MR) is 139 cm³/mol. The number of nitrogens with zero attached hydrogens (tertiary/aromatic N) is 2. The number of anilines is 2. The molecule has 168 valence electrons. The lowest BCUT2D eigenvalue weighted by molar-refractivity contribution is -0.115. The third kappa shape index (κ3) is 6.44. The third-order valence-corrected chi connectivity index (χ3v) is 7.93. The molecule has 2 aromatic carbocycles. The van der Waals surface area contributed by atoms with Crippen LogP contribution in [0.2, 0.25) is 0 Å². The fraction of sp³-hybridized carbons (Fsp3) is 0.130. The molecule has 0 fully saturated rings. The minimum absolute atomic E-state index is 0.151. The maximum atomic E-state index is 13.2. The van der Waals surface area contributed by atoms with Gasteiger partial charge in [-0.25, -0.2) is 0 Å². The molecule has 1 atom stereocenters. The summed E-state index contributed by atoms with van der Waals surface area (Å²) in [5.41, 5.74) is 1.55. The number of thiophene rings is 1. The number of hydrogen-bond acceptors (Lipinski definition) is 8.